The van der Waals surface area contributed by atoms with Crippen LogP contribution < -0.4 is 5.73 Å². The molecule has 1 heterocycles. The van der Waals surface area contributed by atoms with E-state index >= 15 is 0 Å². The number of nitrogens with zero attached hydrogens (tertiary/aromatic N) is 1. The van der Waals surface area contributed by atoms with Crippen molar-refractivity contribution in [2.24, 2.45) is 5.73 Å². The predicted octanol–water partition coefficient (Wildman–Crippen LogP) is 1.11. The quantitative estimate of drug-likeness (QED) is 0.669. The van der Waals surface area contributed by atoms with E-state index in [0.717, 1.165) is 5.75 Å². The first kappa shape index (κ1) is 7.63. The topological polar surface area (TPSA) is 52.0 Å². The maximum absolute atomic E-state index is 5.52. The first-order chi connectivity index (χ1) is 4.79. The Balaban J connectivity index is 2.28. The van der Waals surface area contributed by atoms with E-state index in [0.29, 0.717) is 5.22 Å². The number of nitrogens with two attached hydrogens (primary N) is 1. The summed E-state index contributed by atoms with van der Waals surface area (Å²) in [5.74, 6) is 0.848. The third-order valence-electron chi connectivity index (χ3n) is 0.879. The zero-order chi connectivity index (χ0) is 7.40. The van der Waals surface area contributed by atoms with Gasteiger partial charge in [-0.25, -0.2) is 4.98 Å². The van der Waals surface area contributed by atoms with Gasteiger partial charge in [-0.2, -0.15) is 0 Å². The van der Waals surface area contributed by atoms with Crippen molar-refractivity contribution < 1.29 is 4.42 Å². The summed E-state index contributed by atoms with van der Waals surface area (Å²) in [6, 6.07) is 0.192. The Morgan fingerprint density at radius 1 is 1.90 bits per heavy atom. The Kier molecular flexibility index (Phi) is 2.77. The number of hydrogen-bond acceptors (Lipinski definition) is 4. The molecule has 0 saturated heterocycles. The Bertz CT molecular complexity index is 174. The highest BCUT2D eigenvalue weighted by Gasteiger charge is 1.99. The van der Waals surface area contributed by atoms with Gasteiger partial charge < -0.3 is 10.2 Å². The highest BCUT2D eigenvalue weighted by atomic mass is 32.2. The predicted molar refractivity (Wildman–Crippen MR) is 40.9 cm³/mol. The van der Waals surface area contributed by atoms with Crippen molar-refractivity contribution in [2.75, 3.05) is 5.75 Å². The zero-order valence-electron chi connectivity index (χ0n) is 5.78. The molecular formula is C6H10N2OS. The fraction of sp³-hybridized carbons (Fsp3) is 0.500. The molecule has 0 aliphatic heterocycles. The average molecular weight is 158 g/mol. The highest BCUT2D eigenvalue weighted by Crippen LogP contribution is 2.14. The number of oxazole rings is 1. The van der Waals surface area contributed by atoms with Crippen LogP contribution in [0.3, 0.4) is 0 Å². The lowest BCUT2D eigenvalue weighted by Gasteiger charge is -1.99. The molecule has 0 saturated carbocycles. The molecule has 0 spiro atoms. The summed E-state index contributed by atoms with van der Waals surface area (Å²) in [7, 11) is 0. The Morgan fingerprint density at radius 3 is 3.20 bits per heavy atom. The Morgan fingerprint density at radius 2 is 2.70 bits per heavy atom. The summed E-state index contributed by atoms with van der Waals surface area (Å²) in [5.41, 5.74) is 5.52. The highest BCUT2D eigenvalue weighted by molar-refractivity contribution is 7.99. The molecular weight excluding hydrogens is 148 g/mol. The standard InChI is InChI=1S/C6H10N2OS/c1-5(7)4-10-6-8-2-3-9-6/h2-3,5H,4,7H2,1H3. The lowest BCUT2D eigenvalue weighted by atomic mass is 10.4. The molecule has 4 heteroatoms. The summed E-state index contributed by atoms with van der Waals surface area (Å²) in [5, 5.41) is 0.692. The van der Waals surface area contributed by atoms with Gasteiger partial charge >= 0.3 is 0 Å². The van der Waals surface area contributed by atoms with Gasteiger partial charge in [0.25, 0.3) is 5.22 Å². The first-order valence-corrected chi connectivity index (χ1v) is 4.05. The smallest absolute Gasteiger partial charge is 0.255 e. The van der Waals surface area contributed by atoms with Gasteiger partial charge in [0, 0.05) is 11.8 Å². The van der Waals surface area contributed by atoms with Crippen molar-refractivity contribution in [1.29, 1.82) is 0 Å². The van der Waals surface area contributed by atoms with Crippen LogP contribution in [0.4, 0.5) is 0 Å². The number of thioether (sulfide) groups is 1. The molecule has 1 rings (SSSR count). The summed E-state index contributed by atoms with van der Waals surface area (Å²) < 4.78 is 4.98. The second-order valence-electron chi connectivity index (χ2n) is 2.09. The van der Waals surface area contributed by atoms with E-state index in [1.54, 1.807) is 12.5 Å². The second-order valence-corrected chi connectivity index (χ2v) is 3.06. The lowest BCUT2D eigenvalue weighted by molar-refractivity contribution is 0.454. The van der Waals surface area contributed by atoms with Crippen molar-refractivity contribution >= 4 is 11.8 Å². The number of hydrogen-bond donors (Lipinski definition) is 1. The maximum atomic E-state index is 5.52. The maximum Gasteiger partial charge on any atom is 0.255 e. The molecule has 0 aromatic carbocycles. The molecule has 10 heavy (non-hydrogen) atoms. The molecule has 0 aliphatic carbocycles. The molecule has 1 aromatic heterocycles. The van der Waals surface area contributed by atoms with Gasteiger partial charge in [-0.05, 0) is 6.92 Å². The molecule has 0 aliphatic rings. The Labute approximate surface area is 64.0 Å². The summed E-state index contributed by atoms with van der Waals surface area (Å²) in [6.07, 6.45) is 3.19. The van der Waals surface area contributed by atoms with Crippen molar-refractivity contribution in [3.63, 3.8) is 0 Å². The van der Waals surface area contributed by atoms with Crippen molar-refractivity contribution in [3.8, 4) is 0 Å². The van der Waals surface area contributed by atoms with Gasteiger partial charge in [0.15, 0.2) is 0 Å². The van der Waals surface area contributed by atoms with E-state index < -0.39 is 0 Å². The fourth-order valence-electron chi connectivity index (χ4n) is 0.484. The molecule has 0 radical (unpaired) electrons. The minimum absolute atomic E-state index is 0.192. The van der Waals surface area contributed by atoms with Gasteiger partial charge in [-0.3, -0.25) is 0 Å². The third kappa shape index (κ3) is 2.41. The van der Waals surface area contributed by atoms with Crippen molar-refractivity contribution in [3.05, 3.63) is 12.5 Å². The van der Waals surface area contributed by atoms with Crippen LogP contribution >= 0.6 is 11.8 Å². The lowest BCUT2D eigenvalue weighted by Crippen LogP contribution is -2.17. The molecule has 1 unspecified atom stereocenters. The van der Waals surface area contributed by atoms with Crippen LogP contribution in [0, 0.1) is 0 Å². The van der Waals surface area contributed by atoms with E-state index in [4.69, 9.17) is 10.2 Å². The first-order valence-electron chi connectivity index (χ1n) is 3.07. The van der Waals surface area contributed by atoms with Crippen molar-refractivity contribution in [1.82, 2.24) is 4.98 Å². The van der Waals surface area contributed by atoms with Crippen LogP contribution in [-0.4, -0.2) is 16.8 Å². The van der Waals surface area contributed by atoms with Gasteiger partial charge in [0.2, 0.25) is 0 Å². The van der Waals surface area contributed by atoms with Crippen LogP contribution in [0.2, 0.25) is 0 Å². The van der Waals surface area contributed by atoms with E-state index in [9.17, 15) is 0 Å². The van der Waals surface area contributed by atoms with Gasteiger partial charge in [0.1, 0.15) is 6.26 Å². The van der Waals surface area contributed by atoms with Gasteiger partial charge in [0.05, 0.1) is 6.20 Å². The van der Waals surface area contributed by atoms with E-state index in [1.807, 2.05) is 6.92 Å². The second kappa shape index (κ2) is 3.63. The molecule has 2 N–H and O–H groups in total. The summed E-state index contributed by atoms with van der Waals surface area (Å²) in [4.78, 5) is 3.93. The summed E-state index contributed by atoms with van der Waals surface area (Å²) in [6.45, 7) is 1.95. The SMILES string of the molecule is CC(N)CSc1ncco1. The Hall–Kier alpha value is -0.480. The molecule has 0 bridgehead atoms. The largest absolute Gasteiger partial charge is 0.440 e. The fourth-order valence-corrected chi connectivity index (χ4v) is 1.15. The zero-order valence-corrected chi connectivity index (χ0v) is 6.60. The normalized spacial score (nSPS) is 13.4. The molecule has 1 atom stereocenters. The molecule has 0 amide bonds. The van der Waals surface area contributed by atoms with Crippen LogP contribution in [0.5, 0.6) is 0 Å². The average Bonchev–Trinajstić information content (AvgIpc) is 2.34. The minimum atomic E-state index is 0.192. The van der Waals surface area contributed by atoms with Gasteiger partial charge in [-0.15, -0.1) is 0 Å². The third-order valence-corrected chi connectivity index (χ3v) is 2.02. The monoisotopic (exact) mass is 158 g/mol. The molecule has 0 fully saturated rings. The van der Waals surface area contributed by atoms with Crippen LogP contribution in [0.25, 0.3) is 0 Å². The van der Waals surface area contributed by atoms with Crippen LogP contribution in [0.15, 0.2) is 22.1 Å². The molecule has 1 aromatic rings. The minimum Gasteiger partial charge on any atom is -0.440 e. The van der Waals surface area contributed by atoms with E-state index in [2.05, 4.69) is 4.98 Å². The van der Waals surface area contributed by atoms with Crippen LogP contribution in [-0.2, 0) is 0 Å². The molecule has 3 nitrogen and oxygen atoms in total. The van der Waals surface area contributed by atoms with E-state index in [1.165, 1.54) is 11.8 Å². The van der Waals surface area contributed by atoms with Crippen molar-refractivity contribution in [2.45, 2.75) is 18.2 Å². The van der Waals surface area contributed by atoms with Gasteiger partial charge in [-0.1, -0.05) is 11.8 Å². The molecule has 56 valence electrons. The number of rotatable bonds is 3. The van der Waals surface area contributed by atoms with E-state index in [-0.39, 0.29) is 6.04 Å². The summed E-state index contributed by atoms with van der Waals surface area (Å²) >= 11 is 1.53. The number of aromatic nitrogens is 1. The van der Waals surface area contributed by atoms with Crippen LogP contribution in [0.1, 0.15) is 6.92 Å².